The van der Waals surface area contributed by atoms with Gasteiger partial charge in [-0.2, -0.15) is 0 Å². The first-order chi connectivity index (χ1) is 14.8. The van der Waals surface area contributed by atoms with Gasteiger partial charge in [0.15, 0.2) is 0 Å². The number of carboxylic acid groups (broad SMARTS) is 1. The average Bonchev–Trinajstić information content (AvgIpc) is 3.11. The van der Waals surface area contributed by atoms with Gasteiger partial charge >= 0.3 is 13.6 Å². The Morgan fingerprint density at radius 3 is 2.16 bits per heavy atom. The predicted octanol–water partition coefficient (Wildman–Crippen LogP) is 5.20. The van der Waals surface area contributed by atoms with Crippen molar-refractivity contribution in [2.24, 2.45) is 0 Å². The minimum Gasteiger partial charge on any atom is -0.478 e. The number of carbonyl (C=O) groups is 2. The summed E-state index contributed by atoms with van der Waals surface area (Å²) in [5, 5.41) is 9.22. The lowest BCUT2D eigenvalue weighted by molar-refractivity contribution is 0.0696. The molecule has 0 saturated heterocycles. The Morgan fingerprint density at radius 2 is 1.61 bits per heavy atom. The molecule has 0 aliphatic carbocycles. The second kappa shape index (κ2) is 9.60. The number of hydrogen-bond acceptors (Lipinski definition) is 5. The van der Waals surface area contributed by atoms with Crippen LogP contribution in [0, 0.1) is 0 Å². The number of pyridine rings is 1. The van der Waals surface area contributed by atoms with E-state index < -0.39 is 13.6 Å². The maximum absolute atomic E-state index is 13.3. The van der Waals surface area contributed by atoms with Gasteiger partial charge in [0, 0.05) is 17.3 Å². The average molecular weight is 443 g/mol. The van der Waals surface area contributed by atoms with Crippen molar-refractivity contribution in [1.82, 2.24) is 4.40 Å². The minimum absolute atomic E-state index is 0.134. The van der Waals surface area contributed by atoms with Crippen LogP contribution in [0.5, 0.6) is 0 Å². The molecule has 8 heteroatoms. The first kappa shape index (κ1) is 22.9. The van der Waals surface area contributed by atoms with E-state index in [0.29, 0.717) is 36.4 Å². The second-order valence-corrected chi connectivity index (χ2v) is 9.07. The first-order valence-electron chi connectivity index (χ1n) is 10.2. The van der Waals surface area contributed by atoms with Gasteiger partial charge in [0.05, 0.1) is 30.6 Å². The molecule has 164 valence electrons. The zero-order valence-electron chi connectivity index (χ0n) is 17.8. The third-order valence-electron chi connectivity index (χ3n) is 4.94. The van der Waals surface area contributed by atoms with E-state index in [0.717, 1.165) is 11.1 Å². The quantitative estimate of drug-likeness (QED) is 0.342. The van der Waals surface area contributed by atoms with Crippen molar-refractivity contribution < 1.29 is 28.3 Å². The van der Waals surface area contributed by atoms with E-state index in [4.69, 9.17) is 9.05 Å². The topological polar surface area (TPSA) is 94.3 Å². The zero-order chi connectivity index (χ0) is 22.6. The number of hydrogen-bond donors (Lipinski definition) is 1. The largest absolute Gasteiger partial charge is 0.478 e. The van der Waals surface area contributed by atoms with Gasteiger partial charge in [0.2, 0.25) is 5.78 Å². The van der Waals surface area contributed by atoms with Crippen molar-refractivity contribution in [3.8, 4) is 0 Å². The third kappa shape index (κ3) is 4.96. The van der Waals surface area contributed by atoms with Crippen LogP contribution < -0.4 is 0 Å². The monoisotopic (exact) mass is 443 g/mol. The fraction of sp³-hybridized carbons (Fsp3) is 0.304. The molecule has 31 heavy (non-hydrogen) atoms. The molecule has 2 heterocycles. The van der Waals surface area contributed by atoms with Gasteiger partial charge in [-0.15, -0.1) is 0 Å². The van der Waals surface area contributed by atoms with Crippen LogP contribution in [0.1, 0.15) is 58.3 Å². The summed E-state index contributed by atoms with van der Waals surface area (Å²) in [6.45, 7) is 6.06. The van der Waals surface area contributed by atoms with Crippen LogP contribution >= 0.6 is 7.60 Å². The lowest BCUT2D eigenvalue weighted by Gasteiger charge is -2.17. The maximum Gasteiger partial charge on any atom is 0.335 e. The van der Waals surface area contributed by atoms with E-state index >= 15 is 0 Å². The molecule has 2 aromatic heterocycles. The van der Waals surface area contributed by atoms with Crippen molar-refractivity contribution in [1.29, 1.82) is 0 Å². The number of carboxylic acids is 1. The molecule has 0 fully saturated rings. The summed E-state index contributed by atoms with van der Waals surface area (Å²) in [7, 11) is -3.22. The summed E-state index contributed by atoms with van der Waals surface area (Å²) >= 11 is 0. The van der Waals surface area contributed by atoms with Gasteiger partial charge in [-0.25, -0.2) is 4.79 Å². The molecule has 0 bridgehead atoms. The summed E-state index contributed by atoms with van der Waals surface area (Å²) in [6, 6.07) is 11.8. The number of carbonyl (C=O) groups excluding carboxylic acids is 1. The molecule has 0 unspecified atom stereocenters. The van der Waals surface area contributed by atoms with Crippen LogP contribution in [0.25, 0.3) is 5.52 Å². The van der Waals surface area contributed by atoms with E-state index in [9.17, 15) is 19.3 Å². The van der Waals surface area contributed by atoms with Crippen molar-refractivity contribution in [3.63, 3.8) is 0 Å². The fourth-order valence-corrected chi connectivity index (χ4v) is 5.24. The van der Waals surface area contributed by atoms with Gasteiger partial charge in [-0.05, 0) is 49.6 Å². The van der Waals surface area contributed by atoms with Crippen molar-refractivity contribution in [2.75, 3.05) is 13.2 Å². The number of aromatic carboxylic acids is 1. The summed E-state index contributed by atoms with van der Waals surface area (Å²) < 4.78 is 25.1. The molecule has 3 rings (SSSR count). The summed E-state index contributed by atoms with van der Waals surface area (Å²) in [5.74, 6) is -1.18. The molecule has 3 aromatic rings. The molecule has 0 atom stereocenters. The fourth-order valence-electron chi connectivity index (χ4n) is 3.54. The van der Waals surface area contributed by atoms with Gasteiger partial charge < -0.3 is 18.6 Å². The Morgan fingerprint density at radius 1 is 0.968 bits per heavy atom. The highest BCUT2D eigenvalue weighted by Crippen LogP contribution is 2.51. The van der Waals surface area contributed by atoms with E-state index in [1.807, 2.05) is 13.0 Å². The highest BCUT2D eigenvalue weighted by Gasteiger charge is 2.24. The van der Waals surface area contributed by atoms with Crippen molar-refractivity contribution >= 4 is 24.9 Å². The first-order valence-corrected chi connectivity index (χ1v) is 11.9. The molecule has 0 amide bonds. The van der Waals surface area contributed by atoms with Crippen molar-refractivity contribution in [2.45, 2.75) is 33.4 Å². The molecule has 0 saturated carbocycles. The lowest BCUT2D eigenvalue weighted by atomic mass is 10.0. The van der Waals surface area contributed by atoms with E-state index in [1.54, 1.807) is 54.8 Å². The van der Waals surface area contributed by atoms with Gasteiger partial charge in [0.1, 0.15) is 0 Å². The Kier molecular flexibility index (Phi) is 7.11. The maximum atomic E-state index is 13.3. The van der Waals surface area contributed by atoms with Crippen LogP contribution in [0.2, 0.25) is 0 Å². The Balaban J connectivity index is 1.92. The van der Waals surface area contributed by atoms with Crippen LogP contribution in [-0.4, -0.2) is 34.5 Å². The third-order valence-corrected chi connectivity index (χ3v) is 6.99. The molecular formula is C23H26NO6P. The number of benzene rings is 1. The Hall–Kier alpha value is -2.73. The van der Waals surface area contributed by atoms with Crippen LogP contribution in [-0.2, 0) is 26.2 Å². The smallest absolute Gasteiger partial charge is 0.335 e. The second-order valence-electron chi connectivity index (χ2n) is 7.02. The predicted molar refractivity (Wildman–Crippen MR) is 118 cm³/mol. The molecule has 7 nitrogen and oxygen atoms in total. The van der Waals surface area contributed by atoms with Gasteiger partial charge in [0.25, 0.3) is 0 Å². The lowest BCUT2D eigenvalue weighted by Crippen LogP contribution is -2.08. The molecular weight excluding hydrogens is 417 g/mol. The molecule has 0 aliphatic heterocycles. The van der Waals surface area contributed by atoms with Crippen molar-refractivity contribution in [3.05, 3.63) is 76.6 Å². The Bertz CT molecular complexity index is 1140. The van der Waals surface area contributed by atoms with Crippen LogP contribution in [0.3, 0.4) is 0 Å². The van der Waals surface area contributed by atoms with E-state index in [2.05, 4.69) is 0 Å². The molecule has 0 spiro atoms. The van der Waals surface area contributed by atoms with E-state index in [1.165, 1.54) is 6.07 Å². The highest BCUT2D eigenvalue weighted by atomic mass is 31.2. The number of rotatable bonds is 10. The molecule has 1 N–H and O–H groups in total. The van der Waals surface area contributed by atoms with Gasteiger partial charge in [-0.3, -0.25) is 9.36 Å². The molecule has 0 radical (unpaired) electrons. The van der Waals surface area contributed by atoms with E-state index in [-0.39, 0.29) is 17.5 Å². The van der Waals surface area contributed by atoms with Crippen LogP contribution in [0.4, 0.5) is 0 Å². The Labute approximate surface area is 181 Å². The summed E-state index contributed by atoms with van der Waals surface area (Å²) in [6.07, 6.45) is 2.38. The normalized spacial score (nSPS) is 11.7. The SMILES string of the molecule is CCOP(=O)(Cc1ccc(C(=O)c2c(CC)cc3cc(C(=O)O)ccn23)cc1)OCC. The summed E-state index contributed by atoms with van der Waals surface area (Å²) in [5.41, 5.74) is 3.42. The van der Waals surface area contributed by atoms with Gasteiger partial charge in [-0.1, -0.05) is 31.2 Å². The molecule has 1 aromatic carbocycles. The standard InChI is InChI=1S/C23H26NO6P/c1-4-17-13-20-14-19(23(26)27)11-12-24(20)21(17)22(25)18-9-7-16(8-10-18)15-31(28,29-5-2)30-6-3/h7-14H,4-6,15H2,1-3H3,(H,26,27). The number of ketones is 1. The zero-order valence-corrected chi connectivity index (χ0v) is 18.7. The molecule has 0 aliphatic rings. The summed E-state index contributed by atoms with van der Waals surface area (Å²) in [4.78, 5) is 24.5. The van der Waals surface area contributed by atoms with Crippen LogP contribution in [0.15, 0.2) is 48.7 Å². The number of aryl methyl sites for hydroxylation is 1. The number of nitrogens with zero attached hydrogens (tertiary/aromatic N) is 1. The number of fused-ring (bicyclic) bond motifs is 1. The highest BCUT2D eigenvalue weighted by molar-refractivity contribution is 7.53. The number of aromatic nitrogens is 1. The minimum atomic E-state index is -3.22.